The minimum absolute atomic E-state index is 0.0958. The zero-order valence-corrected chi connectivity index (χ0v) is 17.6. The lowest BCUT2D eigenvalue weighted by molar-refractivity contribution is -0.385. The van der Waals surface area contributed by atoms with Crippen molar-refractivity contribution in [2.45, 2.75) is 11.0 Å². The third kappa shape index (κ3) is 5.67. The Bertz CT molecular complexity index is 978. The number of sulfonamides is 1. The van der Waals surface area contributed by atoms with Crippen molar-refractivity contribution in [2.75, 3.05) is 39.3 Å². The number of β-amino-alcohol motifs (C(OH)–C–C–N with tert-alkyl or cyclic N) is 1. The van der Waals surface area contributed by atoms with Gasteiger partial charge in [-0.05, 0) is 30.3 Å². The maximum atomic E-state index is 12.8. The van der Waals surface area contributed by atoms with E-state index in [1.165, 1.54) is 22.5 Å². The number of aliphatic hydroxyl groups excluding tert-OH is 1. The number of non-ortho nitro benzene ring substituents is 1. The van der Waals surface area contributed by atoms with E-state index in [1.807, 2.05) is 4.90 Å². The third-order valence-electron chi connectivity index (χ3n) is 4.72. The molecule has 1 fully saturated rings. The van der Waals surface area contributed by atoms with E-state index in [-0.39, 0.29) is 30.3 Å². The Morgan fingerprint density at radius 3 is 2.43 bits per heavy atom. The molecule has 0 aromatic heterocycles. The molecule has 9 nitrogen and oxygen atoms in total. The van der Waals surface area contributed by atoms with Gasteiger partial charge in [0.1, 0.15) is 18.5 Å². The van der Waals surface area contributed by atoms with Crippen LogP contribution in [0.3, 0.4) is 0 Å². The average molecular weight is 456 g/mol. The molecule has 1 heterocycles. The first-order valence-electron chi connectivity index (χ1n) is 9.29. The van der Waals surface area contributed by atoms with Crippen LogP contribution in [0.2, 0.25) is 5.02 Å². The Hall–Kier alpha value is -2.24. The molecule has 3 rings (SSSR count). The largest absolute Gasteiger partial charge is 0.491 e. The fourth-order valence-electron chi connectivity index (χ4n) is 3.13. The van der Waals surface area contributed by atoms with Crippen LogP contribution < -0.4 is 4.74 Å². The highest BCUT2D eigenvalue weighted by Gasteiger charge is 2.30. The Morgan fingerprint density at radius 2 is 1.80 bits per heavy atom. The van der Waals surface area contributed by atoms with Gasteiger partial charge in [-0.1, -0.05) is 17.7 Å². The topological polar surface area (TPSA) is 113 Å². The second-order valence-corrected chi connectivity index (χ2v) is 9.25. The first-order chi connectivity index (χ1) is 14.3. The summed E-state index contributed by atoms with van der Waals surface area (Å²) < 4.78 is 32.4. The molecule has 1 saturated heterocycles. The molecule has 2 aromatic rings. The number of ether oxygens (including phenoxy) is 1. The molecule has 11 heteroatoms. The second-order valence-electron chi connectivity index (χ2n) is 6.88. The molecule has 0 radical (unpaired) electrons. The molecule has 1 aliphatic rings. The maximum Gasteiger partial charge on any atom is 0.270 e. The van der Waals surface area contributed by atoms with E-state index in [1.54, 1.807) is 24.3 Å². The van der Waals surface area contributed by atoms with Gasteiger partial charge in [0.25, 0.3) is 5.69 Å². The van der Waals surface area contributed by atoms with Crippen LogP contribution in [0, 0.1) is 10.1 Å². The van der Waals surface area contributed by atoms with E-state index in [9.17, 15) is 23.6 Å². The molecule has 1 aliphatic heterocycles. The molecule has 162 valence electrons. The minimum atomic E-state index is -3.82. The number of rotatable bonds is 8. The Morgan fingerprint density at radius 1 is 1.13 bits per heavy atom. The van der Waals surface area contributed by atoms with Gasteiger partial charge in [-0.15, -0.1) is 0 Å². The second kappa shape index (κ2) is 9.71. The van der Waals surface area contributed by atoms with Gasteiger partial charge in [0.05, 0.1) is 9.82 Å². The Balaban J connectivity index is 1.50. The van der Waals surface area contributed by atoms with Crippen LogP contribution in [0.5, 0.6) is 5.75 Å². The molecular formula is C19H22ClN3O6S. The normalized spacial score (nSPS) is 16.9. The molecule has 0 bridgehead atoms. The summed E-state index contributed by atoms with van der Waals surface area (Å²) in [6.07, 6.45) is -0.736. The highest BCUT2D eigenvalue weighted by molar-refractivity contribution is 7.89. The lowest BCUT2D eigenvalue weighted by Gasteiger charge is -2.34. The number of nitrogens with zero attached hydrogens (tertiary/aromatic N) is 3. The fourth-order valence-corrected chi connectivity index (χ4v) is 4.72. The number of benzene rings is 2. The number of nitro benzene ring substituents is 1. The highest BCUT2D eigenvalue weighted by Crippen LogP contribution is 2.22. The molecule has 1 atom stereocenters. The highest BCUT2D eigenvalue weighted by atomic mass is 35.5. The number of piperazine rings is 1. The van der Waals surface area contributed by atoms with Crippen molar-refractivity contribution >= 4 is 27.3 Å². The van der Waals surface area contributed by atoms with Crippen LogP contribution >= 0.6 is 11.6 Å². The summed E-state index contributed by atoms with van der Waals surface area (Å²) in [6, 6.07) is 11.9. The molecule has 0 saturated carbocycles. The average Bonchev–Trinajstić information content (AvgIpc) is 2.74. The van der Waals surface area contributed by atoms with E-state index in [0.29, 0.717) is 30.4 Å². The van der Waals surface area contributed by atoms with Crippen LogP contribution in [-0.4, -0.2) is 73.1 Å². The molecule has 1 N–H and O–H groups in total. The Kier molecular flexibility index (Phi) is 7.27. The summed E-state index contributed by atoms with van der Waals surface area (Å²) in [5.41, 5.74) is -0.265. The summed E-state index contributed by atoms with van der Waals surface area (Å²) in [4.78, 5) is 12.1. The van der Waals surface area contributed by atoms with Crippen molar-refractivity contribution in [1.29, 1.82) is 0 Å². The molecule has 2 aromatic carbocycles. The van der Waals surface area contributed by atoms with Crippen molar-refractivity contribution < 1.29 is 23.2 Å². The quantitative estimate of drug-likeness (QED) is 0.478. The fraction of sp³-hybridized carbons (Fsp3) is 0.368. The number of aliphatic hydroxyl groups is 1. The molecule has 0 amide bonds. The number of halogens is 1. The van der Waals surface area contributed by atoms with Gasteiger partial charge < -0.3 is 9.84 Å². The monoisotopic (exact) mass is 455 g/mol. The summed E-state index contributed by atoms with van der Waals surface area (Å²) in [5, 5.41) is 21.7. The summed E-state index contributed by atoms with van der Waals surface area (Å²) in [5.74, 6) is 0.603. The van der Waals surface area contributed by atoms with Gasteiger partial charge in [0.2, 0.25) is 10.0 Å². The van der Waals surface area contributed by atoms with E-state index in [4.69, 9.17) is 16.3 Å². The van der Waals surface area contributed by atoms with Crippen LogP contribution in [0.15, 0.2) is 53.4 Å². The minimum Gasteiger partial charge on any atom is -0.491 e. The van der Waals surface area contributed by atoms with Crippen LogP contribution in [0.4, 0.5) is 5.69 Å². The predicted octanol–water partition coefficient (Wildman–Crippen LogP) is 1.99. The van der Waals surface area contributed by atoms with Crippen molar-refractivity contribution in [3.8, 4) is 5.75 Å². The number of hydrogen-bond donors (Lipinski definition) is 1. The van der Waals surface area contributed by atoms with E-state index in [2.05, 4.69) is 0 Å². The summed E-state index contributed by atoms with van der Waals surface area (Å²) in [7, 11) is -3.82. The van der Waals surface area contributed by atoms with Crippen molar-refractivity contribution in [1.82, 2.24) is 9.21 Å². The van der Waals surface area contributed by atoms with Crippen LogP contribution in [0.25, 0.3) is 0 Å². The molecular weight excluding hydrogens is 434 g/mol. The van der Waals surface area contributed by atoms with Crippen molar-refractivity contribution in [2.24, 2.45) is 0 Å². The number of hydrogen-bond acceptors (Lipinski definition) is 7. The van der Waals surface area contributed by atoms with E-state index in [0.717, 1.165) is 6.07 Å². The zero-order valence-electron chi connectivity index (χ0n) is 16.1. The third-order valence-corrected chi connectivity index (χ3v) is 6.87. The van der Waals surface area contributed by atoms with E-state index >= 15 is 0 Å². The number of nitro groups is 1. The summed E-state index contributed by atoms with van der Waals surface area (Å²) >= 11 is 5.82. The maximum absolute atomic E-state index is 12.8. The smallest absolute Gasteiger partial charge is 0.270 e. The van der Waals surface area contributed by atoms with Gasteiger partial charge in [-0.2, -0.15) is 4.31 Å². The Labute approximate surface area is 179 Å². The van der Waals surface area contributed by atoms with Gasteiger partial charge in [-0.25, -0.2) is 8.42 Å². The first-order valence-corrected chi connectivity index (χ1v) is 11.1. The van der Waals surface area contributed by atoms with Crippen molar-refractivity contribution in [3.63, 3.8) is 0 Å². The van der Waals surface area contributed by atoms with Crippen LogP contribution in [0.1, 0.15) is 0 Å². The standard InChI is InChI=1S/C19H22ClN3O6S/c20-15-4-6-18(7-5-15)29-14-17(24)13-21-8-10-22(11-9-21)30(27,28)19-3-1-2-16(12-19)23(25)26/h1-7,12,17,24H,8-11,13-14H2. The van der Waals surface area contributed by atoms with Gasteiger partial charge in [-0.3, -0.25) is 15.0 Å². The lowest BCUT2D eigenvalue weighted by atomic mass is 10.3. The van der Waals surface area contributed by atoms with Gasteiger partial charge in [0, 0.05) is 49.9 Å². The molecule has 30 heavy (non-hydrogen) atoms. The zero-order chi connectivity index (χ0) is 21.7. The van der Waals surface area contributed by atoms with Crippen LogP contribution in [-0.2, 0) is 10.0 Å². The molecule has 1 unspecified atom stereocenters. The SMILES string of the molecule is O=[N+]([O-])c1cccc(S(=O)(=O)N2CCN(CC(O)COc3ccc(Cl)cc3)CC2)c1. The lowest BCUT2D eigenvalue weighted by Crippen LogP contribution is -2.50. The molecule has 0 spiro atoms. The predicted molar refractivity (Wildman–Crippen MR) is 111 cm³/mol. The summed E-state index contributed by atoms with van der Waals surface area (Å²) in [6.45, 7) is 1.79. The first kappa shape index (κ1) is 22.4. The van der Waals surface area contributed by atoms with Gasteiger partial charge >= 0.3 is 0 Å². The van der Waals surface area contributed by atoms with Crippen molar-refractivity contribution in [3.05, 3.63) is 63.7 Å². The van der Waals surface area contributed by atoms with Gasteiger partial charge in [0.15, 0.2) is 0 Å². The van der Waals surface area contributed by atoms with E-state index < -0.39 is 21.1 Å². The molecule has 0 aliphatic carbocycles.